The SMILES string of the molecule is CC[C@@H](SC)C(=O)N1CC[C@H](N(C)Cc2cc(=O)[nH]c(N)n2)C1. The van der Waals surface area contributed by atoms with Gasteiger partial charge in [0.15, 0.2) is 0 Å². The van der Waals surface area contributed by atoms with E-state index in [1.807, 2.05) is 25.1 Å². The molecule has 0 saturated carbocycles. The smallest absolute Gasteiger partial charge is 0.252 e. The van der Waals surface area contributed by atoms with Crippen molar-refractivity contribution in [3.8, 4) is 0 Å². The van der Waals surface area contributed by atoms with Crippen molar-refractivity contribution >= 4 is 23.6 Å². The molecule has 0 aliphatic carbocycles. The molecule has 128 valence electrons. The highest BCUT2D eigenvalue weighted by atomic mass is 32.2. The summed E-state index contributed by atoms with van der Waals surface area (Å²) >= 11 is 1.61. The molecule has 2 heterocycles. The molecule has 1 aromatic rings. The maximum absolute atomic E-state index is 12.4. The number of hydrogen-bond acceptors (Lipinski definition) is 6. The number of nitrogen functional groups attached to an aromatic ring is 1. The number of carbonyl (C=O) groups excluding carboxylic acids is 1. The van der Waals surface area contributed by atoms with Crippen molar-refractivity contribution in [2.24, 2.45) is 0 Å². The number of nitrogens with one attached hydrogen (secondary N) is 1. The lowest BCUT2D eigenvalue weighted by atomic mass is 10.2. The monoisotopic (exact) mass is 339 g/mol. The molecule has 0 radical (unpaired) electrons. The average Bonchev–Trinajstić information content (AvgIpc) is 2.97. The Kier molecular flexibility index (Phi) is 6.06. The number of rotatable bonds is 6. The number of carbonyl (C=O) groups is 1. The molecule has 23 heavy (non-hydrogen) atoms. The van der Waals surface area contributed by atoms with Gasteiger partial charge in [0.2, 0.25) is 11.9 Å². The Labute approximate surface area is 140 Å². The van der Waals surface area contributed by atoms with Crippen LogP contribution in [0.25, 0.3) is 0 Å². The Balaban J connectivity index is 1.95. The van der Waals surface area contributed by atoms with Crippen LogP contribution in [0.1, 0.15) is 25.5 Å². The fraction of sp³-hybridized carbons (Fsp3) is 0.667. The van der Waals surface area contributed by atoms with Gasteiger partial charge in [-0.3, -0.25) is 19.5 Å². The summed E-state index contributed by atoms with van der Waals surface area (Å²) in [6, 6.07) is 1.74. The van der Waals surface area contributed by atoms with Gasteiger partial charge in [-0.05, 0) is 26.1 Å². The predicted molar refractivity (Wildman–Crippen MR) is 93.3 cm³/mol. The Hall–Kier alpha value is -1.54. The number of H-pyrrole nitrogens is 1. The highest BCUT2D eigenvalue weighted by Crippen LogP contribution is 2.21. The summed E-state index contributed by atoms with van der Waals surface area (Å²) in [4.78, 5) is 34.6. The van der Waals surface area contributed by atoms with Gasteiger partial charge in [-0.2, -0.15) is 11.8 Å². The summed E-state index contributed by atoms with van der Waals surface area (Å²) in [5.41, 5.74) is 5.98. The second kappa shape index (κ2) is 7.83. The van der Waals surface area contributed by atoms with Gasteiger partial charge in [0.25, 0.3) is 5.56 Å². The van der Waals surface area contributed by atoms with E-state index in [9.17, 15) is 9.59 Å². The van der Waals surface area contributed by atoms with Crippen molar-refractivity contribution < 1.29 is 4.79 Å². The molecular formula is C15H25N5O2S. The van der Waals surface area contributed by atoms with E-state index in [2.05, 4.69) is 14.9 Å². The van der Waals surface area contributed by atoms with Crippen LogP contribution in [0.4, 0.5) is 5.95 Å². The third-order valence-corrected chi connectivity index (χ3v) is 5.36. The summed E-state index contributed by atoms with van der Waals surface area (Å²) in [5, 5.41) is 0.0493. The third-order valence-electron chi connectivity index (χ3n) is 4.25. The minimum Gasteiger partial charge on any atom is -0.369 e. The van der Waals surface area contributed by atoms with Crippen LogP contribution in [0.5, 0.6) is 0 Å². The summed E-state index contributed by atoms with van der Waals surface area (Å²) in [6.45, 7) is 4.10. The molecule has 3 N–H and O–H groups in total. The Morgan fingerprint density at radius 2 is 2.39 bits per heavy atom. The zero-order chi connectivity index (χ0) is 17.0. The Bertz CT molecular complexity index is 602. The van der Waals surface area contributed by atoms with Gasteiger partial charge in [0.1, 0.15) is 0 Å². The number of hydrogen-bond donors (Lipinski definition) is 2. The van der Waals surface area contributed by atoms with Crippen molar-refractivity contribution in [3.63, 3.8) is 0 Å². The molecule has 1 saturated heterocycles. The van der Waals surface area contributed by atoms with Crippen LogP contribution in [0, 0.1) is 0 Å². The molecule has 1 amide bonds. The molecule has 0 bridgehead atoms. The average molecular weight is 339 g/mol. The molecule has 2 atom stereocenters. The van der Waals surface area contributed by atoms with Crippen LogP contribution in [0.2, 0.25) is 0 Å². The fourth-order valence-corrected chi connectivity index (χ4v) is 3.63. The molecule has 0 aromatic carbocycles. The van der Waals surface area contributed by atoms with E-state index >= 15 is 0 Å². The summed E-state index contributed by atoms with van der Waals surface area (Å²) in [6.07, 6.45) is 3.77. The van der Waals surface area contributed by atoms with Gasteiger partial charge in [-0.25, -0.2) is 4.98 Å². The van der Waals surface area contributed by atoms with Crippen LogP contribution in [0.15, 0.2) is 10.9 Å². The van der Waals surface area contributed by atoms with Crippen LogP contribution < -0.4 is 11.3 Å². The quantitative estimate of drug-likeness (QED) is 0.785. The minimum atomic E-state index is -0.241. The van der Waals surface area contributed by atoms with E-state index in [1.165, 1.54) is 6.07 Å². The second-order valence-electron chi connectivity index (χ2n) is 5.90. The Morgan fingerprint density at radius 1 is 1.65 bits per heavy atom. The first-order chi connectivity index (χ1) is 10.9. The Morgan fingerprint density at radius 3 is 3.00 bits per heavy atom. The third kappa shape index (κ3) is 4.48. The lowest BCUT2D eigenvalue weighted by molar-refractivity contribution is -0.129. The molecule has 1 fully saturated rings. The number of likely N-dealkylation sites (N-methyl/N-ethyl adjacent to an activating group) is 1. The molecule has 0 unspecified atom stereocenters. The lowest BCUT2D eigenvalue weighted by Gasteiger charge is -2.25. The van der Waals surface area contributed by atoms with Crippen molar-refractivity contribution in [1.29, 1.82) is 0 Å². The van der Waals surface area contributed by atoms with E-state index in [4.69, 9.17) is 5.73 Å². The second-order valence-corrected chi connectivity index (χ2v) is 6.94. The largest absolute Gasteiger partial charge is 0.369 e. The van der Waals surface area contributed by atoms with E-state index in [1.54, 1.807) is 11.8 Å². The molecule has 2 rings (SSSR count). The van der Waals surface area contributed by atoms with Crippen LogP contribution in [-0.2, 0) is 11.3 Å². The first-order valence-electron chi connectivity index (χ1n) is 7.82. The predicted octanol–water partition coefficient (Wildman–Crippen LogP) is 0.526. The number of nitrogens with zero attached hydrogens (tertiary/aromatic N) is 3. The number of amides is 1. The van der Waals surface area contributed by atoms with Gasteiger partial charge in [0, 0.05) is 31.7 Å². The fourth-order valence-electron chi connectivity index (χ4n) is 2.94. The maximum atomic E-state index is 12.4. The maximum Gasteiger partial charge on any atom is 0.252 e. The van der Waals surface area contributed by atoms with Gasteiger partial charge in [-0.1, -0.05) is 6.92 Å². The topological polar surface area (TPSA) is 95.3 Å². The molecular weight excluding hydrogens is 314 g/mol. The highest BCUT2D eigenvalue weighted by molar-refractivity contribution is 7.99. The number of thioether (sulfide) groups is 1. The molecule has 8 heteroatoms. The summed E-state index contributed by atoms with van der Waals surface area (Å²) < 4.78 is 0. The van der Waals surface area contributed by atoms with Crippen molar-refractivity contribution in [2.75, 3.05) is 32.1 Å². The molecule has 1 aliphatic heterocycles. The number of likely N-dealkylation sites (tertiary alicyclic amines) is 1. The van der Waals surface area contributed by atoms with Crippen LogP contribution >= 0.6 is 11.8 Å². The standard InChI is InChI=1S/C15H25N5O2S/c1-4-12(23-3)14(22)20-6-5-11(9-20)19(2)8-10-7-13(21)18-15(16)17-10/h7,11-12H,4-6,8-9H2,1-3H3,(H3,16,17,18,21)/t11-,12+/m0/s1. The molecule has 7 nitrogen and oxygen atoms in total. The molecule has 1 aromatic heterocycles. The first-order valence-corrected chi connectivity index (χ1v) is 9.11. The van der Waals surface area contributed by atoms with Crippen molar-refractivity contribution in [3.05, 3.63) is 22.1 Å². The lowest BCUT2D eigenvalue weighted by Crippen LogP contribution is -2.39. The summed E-state index contributed by atoms with van der Waals surface area (Å²) in [7, 11) is 1.99. The van der Waals surface area contributed by atoms with Crippen LogP contribution in [-0.4, -0.2) is 63.4 Å². The van der Waals surface area contributed by atoms with E-state index in [0.29, 0.717) is 12.2 Å². The molecule has 1 aliphatic rings. The van der Waals surface area contributed by atoms with Gasteiger partial charge < -0.3 is 10.6 Å². The first kappa shape index (κ1) is 17.8. The van der Waals surface area contributed by atoms with Gasteiger partial charge in [-0.15, -0.1) is 0 Å². The van der Waals surface area contributed by atoms with Gasteiger partial charge >= 0.3 is 0 Å². The number of aromatic amines is 1. The van der Waals surface area contributed by atoms with E-state index in [0.717, 1.165) is 25.9 Å². The summed E-state index contributed by atoms with van der Waals surface area (Å²) in [5.74, 6) is 0.365. The number of nitrogens with two attached hydrogens (primary N) is 1. The van der Waals surface area contributed by atoms with Gasteiger partial charge in [0.05, 0.1) is 10.9 Å². The highest BCUT2D eigenvalue weighted by Gasteiger charge is 2.31. The number of aromatic nitrogens is 2. The molecule has 0 spiro atoms. The van der Waals surface area contributed by atoms with Crippen molar-refractivity contribution in [2.45, 2.75) is 37.6 Å². The van der Waals surface area contributed by atoms with E-state index < -0.39 is 0 Å². The van der Waals surface area contributed by atoms with Crippen LogP contribution in [0.3, 0.4) is 0 Å². The minimum absolute atomic E-state index is 0.0493. The normalized spacial score (nSPS) is 19.3. The zero-order valence-electron chi connectivity index (χ0n) is 13.9. The zero-order valence-corrected chi connectivity index (χ0v) is 14.7. The van der Waals surface area contributed by atoms with E-state index in [-0.39, 0.29) is 28.7 Å². The van der Waals surface area contributed by atoms with Crippen molar-refractivity contribution in [1.82, 2.24) is 19.8 Å². The number of anilines is 1.